The number of nitrogens with two attached hydrogens (primary N) is 1. The van der Waals surface area contributed by atoms with Gasteiger partial charge in [-0.1, -0.05) is 49.4 Å². The Balaban J connectivity index is 2.32. The summed E-state index contributed by atoms with van der Waals surface area (Å²) in [6, 6.07) is 10.8. The Kier molecular flexibility index (Phi) is 6.69. The van der Waals surface area contributed by atoms with Gasteiger partial charge in [-0.25, -0.2) is 0 Å². The molecule has 0 fully saturated rings. The van der Waals surface area contributed by atoms with E-state index in [1.165, 1.54) is 11.1 Å². The van der Waals surface area contributed by atoms with Crippen molar-refractivity contribution in [2.45, 2.75) is 32.7 Å². The Labute approximate surface area is 111 Å². The molecule has 1 atom stereocenters. The summed E-state index contributed by atoms with van der Waals surface area (Å²) in [5, 5.41) is 0. The van der Waals surface area contributed by atoms with Gasteiger partial charge in [0.1, 0.15) is 0 Å². The molecule has 100 valence electrons. The normalized spacial score (nSPS) is 12.7. The first-order chi connectivity index (χ1) is 8.61. The first-order valence-electron chi connectivity index (χ1n) is 6.78. The zero-order valence-electron chi connectivity index (χ0n) is 11.7. The van der Waals surface area contributed by atoms with Gasteiger partial charge in [0.15, 0.2) is 0 Å². The van der Waals surface area contributed by atoms with Crippen LogP contribution in [0.5, 0.6) is 0 Å². The first-order valence-corrected chi connectivity index (χ1v) is 6.78. The zero-order valence-corrected chi connectivity index (χ0v) is 11.7. The van der Waals surface area contributed by atoms with E-state index in [-0.39, 0.29) is 6.04 Å². The standard InChI is InChI=1S/C16H26N2/c1-4-18(12-14(2)3)13-16(17)11-10-15-8-6-5-7-9-15/h5-9,16H,2,4,10-13,17H2,1,3H3. The van der Waals surface area contributed by atoms with Gasteiger partial charge < -0.3 is 5.73 Å². The summed E-state index contributed by atoms with van der Waals surface area (Å²) in [5.41, 5.74) is 8.77. The summed E-state index contributed by atoms with van der Waals surface area (Å²) in [7, 11) is 0. The maximum atomic E-state index is 6.20. The Morgan fingerprint density at radius 3 is 2.56 bits per heavy atom. The predicted octanol–water partition coefficient (Wildman–Crippen LogP) is 2.84. The number of nitrogens with zero attached hydrogens (tertiary/aromatic N) is 1. The number of aryl methyl sites for hydroxylation is 1. The second-order valence-corrected chi connectivity index (χ2v) is 5.07. The minimum Gasteiger partial charge on any atom is -0.327 e. The third kappa shape index (κ3) is 5.99. The zero-order chi connectivity index (χ0) is 13.4. The average Bonchev–Trinajstić information content (AvgIpc) is 2.36. The molecule has 2 nitrogen and oxygen atoms in total. The molecule has 0 radical (unpaired) electrons. The Bertz CT molecular complexity index is 345. The van der Waals surface area contributed by atoms with Gasteiger partial charge in [-0.2, -0.15) is 0 Å². The van der Waals surface area contributed by atoms with Gasteiger partial charge in [0.05, 0.1) is 0 Å². The molecule has 1 rings (SSSR count). The predicted molar refractivity (Wildman–Crippen MR) is 79.7 cm³/mol. The second kappa shape index (κ2) is 8.06. The minimum atomic E-state index is 0.240. The molecule has 0 aromatic heterocycles. The number of hydrogen-bond acceptors (Lipinski definition) is 2. The van der Waals surface area contributed by atoms with Crippen LogP contribution in [-0.4, -0.2) is 30.6 Å². The van der Waals surface area contributed by atoms with Crippen LogP contribution in [0.1, 0.15) is 25.8 Å². The van der Waals surface area contributed by atoms with Crippen LogP contribution in [0.3, 0.4) is 0 Å². The van der Waals surface area contributed by atoms with E-state index in [0.29, 0.717) is 0 Å². The van der Waals surface area contributed by atoms with Gasteiger partial charge in [0.25, 0.3) is 0 Å². The largest absolute Gasteiger partial charge is 0.327 e. The Morgan fingerprint density at radius 1 is 1.33 bits per heavy atom. The first kappa shape index (κ1) is 14.9. The van der Waals surface area contributed by atoms with Gasteiger partial charge >= 0.3 is 0 Å². The Morgan fingerprint density at radius 2 is 2.00 bits per heavy atom. The van der Waals surface area contributed by atoms with Crippen molar-refractivity contribution in [1.29, 1.82) is 0 Å². The molecule has 0 aliphatic carbocycles. The van der Waals surface area contributed by atoms with E-state index in [2.05, 4.69) is 55.7 Å². The fourth-order valence-corrected chi connectivity index (χ4v) is 2.11. The summed E-state index contributed by atoms with van der Waals surface area (Å²) in [6.07, 6.45) is 2.10. The number of rotatable bonds is 8. The van der Waals surface area contributed by atoms with E-state index in [0.717, 1.165) is 32.5 Å². The van der Waals surface area contributed by atoms with Crippen LogP contribution < -0.4 is 5.73 Å². The van der Waals surface area contributed by atoms with Gasteiger partial charge in [-0.05, 0) is 31.9 Å². The van der Waals surface area contributed by atoms with Crippen molar-refractivity contribution in [2.75, 3.05) is 19.6 Å². The fourth-order valence-electron chi connectivity index (χ4n) is 2.11. The van der Waals surface area contributed by atoms with E-state index >= 15 is 0 Å². The second-order valence-electron chi connectivity index (χ2n) is 5.07. The van der Waals surface area contributed by atoms with Crippen molar-refractivity contribution in [3.63, 3.8) is 0 Å². The van der Waals surface area contributed by atoms with Crippen LogP contribution in [0, 0.1) is 0 Å². The van der Waals surface area contributed by atoms with Crippen LogP contribution >= 0.6 is 0 Å². The molecule has 0 aliphatic heterocycles. The summed E-state index contributed by atoms with van der Waals surface area (Å²) in [5.74, 6) is 0. The highest BCUT2D eigenvalue weighted by Gasteiger charge is 2.09. The molecule has 18 heavy (non-hydrogen) atoms. The lowest BCUT2D eigenvalue weighted by Crippen LogP contribution is -2.38. The topological polar surface area (TPSA) is 29.3 Å². The van der Waals surface area contributed by atoms with Crippen LogP contribution in [-0.2, 0) is 6.42 Å². The van der Waals surface area contributed by atoms with E-state index < -0.39 is 0 Å². The molecule has 1 aromatic rings. The summed E-state index contributed by atoms with van der Waals surface area (Å²) < 4.78 is 0. The molecule has 1 unspecified atom stereocenters. The van der Waals surface area contributed by atoms with Gasteiger partial charge in [-0.15, -0.1) is 0 Å². The van der Waals surface area contributed by atoms with Crippen molar-refractivity contribution in [2.24, 2.45) is 5.73 Å². The van der Waals surface area contributed by atoms with Gasteiger partial charge in [0, 0.05) is 19.1 Å². The molecule has 0 aliphatic rings. The molecule has 0 saturated carbocycles. The summed E-state index contributed by atoms with van der Waals surface area (Å²) >= 11 is 0. The maximum Gasteiger partial charge on any atom is 0.0187 e. The average molecular weight is 246 g/mol. The van der Waals surface area contributed by atoms with Crippen LogP contribution in [0.25, 0.3) is 0 Å². The van der Waals surface area contributed by atoms with E-state index in [9.17, 15) is 0 Å². The van der Waals surface area contributed by atoms with E-state index in [4.69, 9.17) is 5.73 Å². The monoisotopic (exact) mass is 246 g/mol. The molecular weight excluding hydrogens is 220 g/mol. The van der Waals surface area contributed by atoms with E-state index in [1.807, 2.05) is 0 Å². The highest BCUT2D eigenvalue weighted by Crippen LogP contribution is 2.05. The van der Waals surface area contributed by atoms with Crippen molar-refractivity contribution in [3.8, 4) is 0 Å². The number of benzene rings is 1. The molecule has 0 bridgehead atoms. The molecule has 1 aromatic carbocycles. The maximum absolute atomic E-state index is 6.20. The number of likely N-dealkylation sites (N-methyl/N-ethyl adjacent to an activating group) is 1. The third-order valence-electron chi connectivity index (χ3n) is 3.08. The molecular formula is C16H26N2. The van der Waals surface area contributed by atoms with Crippen molar-refractivity contribution >= 4 is 0 Å². The smallest absolute Gasteiger partial charge is 0.0187 e. The molecule has 2 heteroatoms. The van der Waals surface area contributed by atoms with Crippen molar-refractivity contribution < 1.29 is 0 Å². The lowest BCUT2D eigenvalue weighted by Gasteiger charge is -2.24. The summed E-state index contributed by atoms with van der Waals surface area (Å²) in [4.78, 5) is 2.36. The van der Waals surface area contributed by atoms with Crippen LogP contribution in [0.2, 0.25) is 0 Å². The lowest BCUT2D eigenvalue weighted by atomic mass is 10.1. The fraction of sp³-hybridized carbons (Fsp3) is 0.500. The van der Waals surface area contributed by atoms with E-state index in [1.54, 1.807) is 0 Å². The SMILES string of the molecule is C=C(C)CN(CC)CC(N)CCc1ccccc1. The molecule has 0 saturated heterocycles. The minimum absolute atomic E-state index is 0.240. The molecule has 0 heterocycles. The van der Waals surface area contributed by atoms with Crippen molar-refractivity contribution in [3.05, 3.63) is 48.0 Å². The highest BCUT2D eigenvalue weighted by atomic mass is 15.1. The third-order valence-corrected chi connectivity index (χ3v) is 3.08. The van der Waals surface area contributed by atoms with Crippen molar-refractivity contribution in [1.82, 2.24) is 4.90 Å². The Hall–Kier alpha value is -1.12. The summed E-state index contributed by atoms with van der Waals surface area (Å²) in [6.45, 7) is 11.1. The molecule has 2 N–H and O–H groups in total. The number of hydrogen-bond donors (Lipinski definition) is 1. The lowest BCUT2D eigenvalue weighted by molar-refractivity contribution is 0.286. The molecule has 0 amide bonds. The van der Waals surface area contributed by atoms with Crippen LogP contribution in [0.15, 0.2) is 42.5 Å². The van der Waals surface area contributed by atoms with Crippen LogP contribution in [0.4, 0.5) is 0 Å². The molecule has 0 spiro atoms. The quantitative estimate of drug-likeness (QED) is 0.715. The highest BCUT2D eigenvalue weighted by molar-refractivity contribution is 5.14. The van der Waals surface area contributed by atoms with Gasteiger partial charge in [-0.3, -0.25) is 4.90 Å². The van der Waals surface area contributed by atoms with Gasteiger partial charge in [0.2, 0.25) is 0 Å².